The summed E-state index contributed by atoms with van der Waals surface area (Å²) in [6.45, 7) is 4.88. The molecule has 1 amide bonds. The minimum Gasteiger partial charge on any atom is -0.378 e. The third-order valence-corrected chi connectivity index (χ3v) is 4.64. The topological polar surface area (TPSA) is 77.4 Å². The number of hydrogen-bond donors (Lipinski definition) is 2. The Hall–Kier alpha value is -3.30. The first kappa shape index (κ1) is 19.5. The fourth-order valence-corrected chi connectivity index (χ4v) is 3.07. The summed E-state index contributed by atoms with van der Waals surface area (Å²) >= 11 is 0. The second kappa shape index (κ2) is 9.58. The van der Waals surface area contributed by atoms with Crippen LogP contribution in [0.25, 0.3) is 0 Å². The highest BCUT2D eigenvalue weighted by molar-refractivity contribution is 5.97. The van der Waals surface area contributed by atoms with E-state index in [-0.39, 0.29) is 11.6 Å². The van der Waals surface area contributed by atoms with Crippen molar-refractivity contribution in [1.82, 2.24) is 5.32 Å². The van der Waals surface area contributed by atoms with Crippen LogP contribution in [0.2, 0.25) is 0 Å². The number of hydrogen-bond acceptors (Lipinski definition) is 5. The smallest absolute Gasteiger partial charge is 0.263 e. The van der Waals surface area contributed by atoms with Crippen molar-refractivity contribution in [3.8, 4) is 6.07 Å². The van der Waals surface area contributed by atoms with Crippen molar-refractivity contribution >= 4 is 17.3 Å². The predicted octanol–water partition coefficient (Wildman–Crippen LogP) is 3.22. The van der Waals surface area contributed by atoms with Crippen molar-refractivity contribution in [3.63, 3.8) is 0 Å². The lowest BCUT2D eigenvalue weighted by molar-refractivity contribution is -0.117. The molecule has 144 valence electrons. The molecular weight excluding hydrogens is 352 g/mol. The van der Waals surface area contributed by atoms with Gasteiger partial charge in [-0.3, -0.25) is 4.79 Å². The van der Waals surface area contributed by atoms with E-state index in [1.54, 1.807) is 0 Å². The molecule has 1 unspecified atom stereocenters. The van der Waals surface area contributed by atoms with Crippen LogP contribution in [0.1, 0.15) is 18.5 Å². The van der Waals surface area contributed by atoms with Crippen LogP contribution in [0.5, 0.6) is 0 Å². The van der Waals surface area contributed by atoms with Gasteiger partial charge in [0.25, 0.3) is 5.91 Å². The van der Waals surface area contributed by atoms with E-state index >= 15 is 0 Å². The van der Waals surface area contributed by atoms with Crippen molar-refractivity contribution in [2.24, 2.45) is 0 Å². The Bertz CT molecular complexity index is 868. The molecule has 1 fully saturated rings. The first-order valence-corrected chi connectivity index (χ1v) is 9.33. The fraction of sp³-hybridized carbons (Fsp3) is 0.273. The third-order valence-electron chi connectivity index (χ3n) is 4.64. The van der Waals surface area contributed by atoms with Gasteiger partial charge in [-0.05, 0) is 24.6 Å². The number of amides is 1. The van der Waals surface area contributed by atoms with Gasteiger partial charge < -0.3 is 20.3 Å². The number of morpholine rings is 1. The van der Waals surface area contributed by atoms with Gasteiger partial charge in [0.1, 0.15) is 11.6 Å². The number of benzene rings is 2. The second-order valence-electron chi connectivity index (χ2n) is 6.54. The van der Waals surface area contributed by atoms with Crippen LogP contribution < -0.4 is 15.5 Å². The molecule has 0 saturated carbocycles. The lowest BCUT2D eigenvalue weighted by Gasteiger charge is -2.30. The first-order chi connectivity index (χ1) is 13.7. The summed E-state index contributed by atoms with van der Waals surface area (Å²) in [6.07, 6.45) is 1.46. The van der Waals surface area contributed by atoms with Gasteiger partial charge in [0.05, 0.1) is 30.6 Å². The van der Waals surface area contributed by atoms with Crippen molar-refractivity contribution in [3.05, 3.63) is 71.9 Å². The summed E-state index contributed by atoms with van der Waals surface area (Å²) in [5.41, 5.74) is 2.89. The zero-order valence-corrected chi connectivity index (χ0v) is 15.9. The molecule has 1 saturated heterocycles. The SMILES string of the molecule is CC(NC(=O)/C(C#N)=C\Nc1ccccc1N1CCOCC1)c1ccccc1. The van der Waals surface area contributed by atoms with E-state index in [0.29, 0.717) is 13.2 Å². The van der Waals surface area contributed by atoms with Crippen molar-refractivity contribution < 1.29 is 9.53 Å². The number of ether oxygens (including phenoxy) is 1. The monoisotopic (exact) mass is 376 g/mol. The minimum atomic E-state index is -0.407. The maximum absolute atomic E-state index is 12.5. The normalized spacial score (nSPS) is 15.4. The minimum absolute atomic E-state index is 0.0274. The predicted molar refractivity (Wildman–Crippen MR) is 110 cm³/mol. The lowest BCUT2D eigenvalue weighted by atomic mass is 10.1. The van der Waals surface area contributed by atoms with E-state index in [1.165, 1.54) is 6.20 Å². The van der Waals surface area contributed by atoms with Crippen LogP contribution in [-0.2, 0) is 9.53 Å². The molecule has 2 aromatic carbocycles. The Balaban J connectivity index is 1.70. The molecule has 0 radical (unpaired) electrons. The number of anilines is 2. The van der Waals surface area contributed by atoms with Gasteiger partial charge in [-0.1, -0.05) is 42.5 Å². The summed E-state index contributed by atoms with van der Waals surface area (Å²) in [5, 5.41) is 15.4. The molecule has 2 N–H and O–H groups in total. The maximum Gasteiger partial charge on any atom is 0.263 e. The van der Waals surface area contributed by atoms with Gasteiger partial charge in [0, 0.05) is 19.3 Å². The molecule has 28 heavy (non-hydrogen) atoms. The summed E-state index contributed by atoms with van der Waals surface area (Å²) < 4.78 is 5.41. The molecular formula is C22H24N4O2. The van der Waals surface area contributed by atoms with E-state index in [0.717, 1.165) is 30.0 Å². The molecule has 0 bridgehead atoms. The second-order valence-corrected chi connectivity index (χ2v) is 6.54. The number of nitrogens with one attached hydrogen (secondary N) is 2. The van der Waals surface area contributed by atoms with Gasteiger partial charge in [-0.25, -0.2) is 0 Å². The van der Waals surface area contributed by atoms with E-state index in [4.69, 9.17) is 4.74 Å². The van der Waals surface area contributed by atoms with Crippen LogP contribution in [0.3, 0.4) is 0 Å². The molecule has 2 aromatic rings. The summed E-state index contributed by atoms with van der Waals surface area (Å²) in [5.74, 6) is -0.407. The molecule has 1 aliphatic rings. The molecule has 0 aliphatic carbocycles. The molecule has 6 heteroatoms. The Morgan fingerprint density at radius 1 is 1.14 bits per heavy atom. The zero-order valence-electron chi connectivity index (χ0n) is 15.9. The first-order valence-electron chi connectivity index (χ1n) is 9.33. The summed E-state index contributed by atoms with van der Waals surface area (Å²) in [7, 11) is 0. The van der Waals surface area contributed by atoms with E-state index < -0.39 is 5.91 Å². The number of nitriles is 1. The quantitative estimate of drug-likeness (QED) is 0.598. The van der Waals surface area contributed by atoms with Gasteiger partial charge >= 0.3 is 0 Å². The van der Waals surface area contributed by atoms with Gasteiger partial charge in [0.15, 0.2) is 0 Å². The Morgan fingerprint density at radius 2 is 1.82 bits per heavy atom. The third kappa shape index (κ3) is 4.90. The number of rotatable bonds is 6. The van der Waals surface area contributed by atoms with E-state index in [1.807, 2.05) is 67.6 Å². The fourth-order valence-electron chi connectivity index (χ4n) is 3.07. The molecule has 1 atom stereocenters. The average Bonchev–Trinajstić information content (AvgIpc) is 2.75. The Morgan fingerprint density at radius 3 is 2.54 bits per heavy atom. The number of para-hydroxylation sites is 2. The van der Waals surface area contributed by atoms with E-state index in [2.05, 4.69) is 15.5 Å². The molecule has 0 spiro atoms. The van der Waals surface area contributed by atoms with Gasteiger partial charge in [-0.15, -0.1) is 0 Å². The van der Waals surface area contributed by atoms with Crippen LogP contribution in [-0.4, -0.2) is 32.2 Å². The number of carbonyl (C=O) groups excluding carboxylic acids is 1. The van der Waals surface area contributed by atoms with Crippen molar-refractivity contribution in [2.45, 2.75) is 13.0 Å². The van der Waals surface area contributed by atoms with Crippen LogP contribution in [0, 0.1) is 11.3 Å². The van der Waals surface area contributed by atoms with Crippen LogP contribution >= 0.6 is 0 Å². The molecule has 6 nitrogen and oxygen atoms in total. The van der Waals surface area contributed by atoms with Gasteiger partial charge in [0.2, 0.25) is 0 Å². The summed E-state index contributed by atoms with van der Waals surface area (Å²) in [6, 6.07) is 19.3. The number of nitrogens with zero attached hydrogens (tertiary/aromatic N) is 2. The van der Waals surface area contributed by atoms with E-state index in [9.17, 15) is 10.1 Å². The summed E-state index contributed by atoms with van der Waals surface area (Å²) in [4.78, 5) is 14.7. The number of carbonyl (C=O) groups is 1. The van der Waals surface area contributed by atoms with Crippen molar-refractivity contribution in [1.29, 1.82) is 5.26 Å². The maximum atomic E-state index is 12.5. The zero-order chi connectivity index (χ0) is 19.8. The Kier molecular flexibility index (Phi) is 6.66. The van der Waals surface area contributed by atoms with Crippen molar-refractivity contribution in [2.75, 3.05) is 36.5 Å². The molecule has 3 rings (SSSR count). The highest BCUT2D eigenvalue weighted by atomic mass is 16.5. The lowest BCUT2D eigenvalue weighted by Crippen LogP contribution is -2.36. The van der Waals surface area contributed by atoms with Crippen LogP contribution in [0.15, 0.2) is 66.4 Å². The molecule has 1 aliphatic heterocycles. The van der Waals surface area contributed by atoms with Gasteiger partial charge in [-0.2, -0.15) is 5.26 Å². The largest absolute Gasteiger partial charge is 0.378 e. The molecule has 1 heterocycles. The van der Waals surface area contributed by atoms with Crippen LogP contribution in [0.4, 0.5) is 11.4 Å². The molecule has 0 aromatic heterocycles. The average molecular weight is 376 g/mol. The Labute approximate surface area is 165 Å². The standard InChI is InChI=1S/C22H24N4O2/c1-17(18-7-3-2-4-8-18)25-22(27)19(15-23)16-24-20-9-5-6-10-21(20)26-11-13-28-14-12-26/h2-10,16-17,24H,11-14H2,1H3,(H,25,27)/b19-16-. The highest BCUT2D eigenvalue weighted by Gasteiger charge is 2.16. The highest BCUT2D eigenvalue weighted by Crippen LogP contribution is 2.26.